The van der Waals surface area contributed by atoms with Crippen molar-refractivity contribution in [1.82, 2.24) is 5.32 Å². The minimum absolute atomic E-state index is 0.469. The molecule has 0 fully saturated rings. The van der Waals surface area contributed by atoms with Crippen LogP contribution in [0, 0.1) is 19.8 Å². The summed E-state index contributed by atoms with van der Waals surface area (Å²) in [7, 11) is 2.07. The molecule has 0 aliphatic carbocycles. The molecule has 0 radical (unpaired) electrons. The molecule has 0 bridgehead atoms. The van der Waals surface area contributed by atoms with Gasteiger partial charge in [0, 0.05) is 10.5 Å². The molecular weight excluding hydrogens is 286 g/mol. The van der Waals surface area contributed by atoms with E-state index in [-0.39, 0.29) is 0 Å². The van der Waals surface area contributed by atoms with E-state index in [2.05, 4.69) is 68.1 Å². The lowest BCUT2D eigenvalue weighted by atomic mass is 9.91. The van der Waals surface area contributed by atoms with Crippen LogP contribution in [0.2, 0.25) is 0 Å². The predicted molar refractivity (Wildman–Crippen MR) is 84.1 cm³/mol. The Labute approximate surface area is 120 Å². The molecule has 0 saturated carbocycles. The van der Waals surface area contributed by atoms with Crippen LogP contribution in [0.5, 0.6) is 0 Å². The zero-order chi connectivity index (χ0) is 13.7. The van der Waals surface area contributed by atoms with E-state index >= 15 is 0 Å². The first-order valence-corrected chi connectivity index (χ1v) is 7.72. The zero-order valence-electron chi connectivity index (χ0n) is 12.3. The Balaban J connectivity index is 2.88. The molecule has 1 aromatic carbocycles. The summed E-state index contributed by atoms with van der Waals surface area (Å²) in [5.41, 5.74) is 4.07. The highest BCUT2D eigenvalue weighted by Crippen LogP contribution is 2.29. The summed E-state index contributed by atoms with van der Waals surface area (Å²) in [6.45, 7) is 8.96. The van der Waals surface area contributed by atoms with Crippen LogP contribution >= 0.6 is 15.9 Å². The summed E-state index contributed by atoms with van der Waals surface area (Å²) in [5, 5.41) is 3.47. The number of halogens is 1. The van der Waals surface area contributed by atoms with Crippen LogP contribution in [0.4, 0.5) is 0 Å². The number of nitrogens with one attached hydrogen (secondary N) is 1. The van der Waals surface area contributed by atoms with Gasteiger partial charge in [0.25, 0.3) is 0 Å². The van der Waals surface area contributed by atoms with Crippen LogP contribution in [0.1, 0.15) is 55.8 Å². The highest BCUT2D eigenvalue weighted by Gasteiger charge is 2.15. The second-order valence-corrected chi connectivity index (χ2v) is 6.23. The summed E-state index contributed by atoms with van der Waals surface area (Å²) in [4.78, 5) is 0. The van der Waals surface area contributed by atoms with Crippen LogP contribution in [0.15, 0.2) is 16.6 Å². The quantitative estimate of drug-likeness (QED) is 0.765. The van der Waals surface area contributed by atoms with Crippen molar-refractivity contribution in [3.8, 4) is 0 Å². The number of aryl methyl sites for hydroxylation is 2. The highest BCUT2D eigenvalue weighted by molar-refractivity contribution is 9.10. The summed E-state index contributed by atoms with van der Waals surface area (Å²) in [6, 6.07) is 5.07. The van der Waals surface area contributed by atoms with Crippen molar-refractivity contribution in [3.05, 3.63) is 33.3 Å². The van der Waals surface area contributed by atoms with Crippen LogP contribution in [0.25, 0.3) is 0 Å². The maximum atomic E-state index is 3.64. The molecule has 1 N–H and O–H groups in total. The zero-order valence-corrected chi connectivity index (χ0v) is 13.9. The van der Waals surface area contributed by atoms with Gasteiger partial charge < -0.3 is 5.32 Å². The van der Waals surface area contributed by atoms with Crippen molar-refractivity contribution in [2.24, 2.45) is 5.92 Å². The Hall–Kier alpha value is -0.340. The summed E-state index contributed by atoms with van der Waals surface area (Å²) < 4.78 is 1.24. The molecule has 0 aliphatic heterocycles. The SMILES string of the molecule is CCCC(C)CC(NC)c1cc(C)c(Br)c(C)c1. The van der Waals surface area contributed by atoms with Gasteiger partial charge in [-0.05, 0) is 49.9 Å². The van der Waals surface area contributed by atoms with Crippen molar-refractivity contribution >= 4 is 15.9 Å². The average Bonchev–Trinajstić information content (AvgIpc) is 2.32. The van der Waals surface area contributed by atoms with Gasteiger partial charge in [-0.25, -0.2) is 0 Å². The topological polar surface area (TPSA) is 12.0 Å². The molecular formula is C16H26BrN. The Morgan fingerprint density at radius 3 is 2.22 bits per heavy atom. The Bertz CT molecular complexity index is 364. The fourth-order valence-corrected chi connectivity index (χ4v) is 2.84. The molecule has 1 aromatic rings. The predicted octanol–water partition coefficient (Wildman–Crippen LogP) is 5.15. The first kappa shape index (κ1) is 15.7. The van der Waals surface area contributed by atoms with Gasteiger partial charge in [-0.1, -0.05) is 54.8 Å². The smallest absolute Gasteiger partial charge is 0.0320 e. The minimum atomic E-state index is 0.469. The number of hydrogen-bond acceptors (Lipinski definition) is 1. The number of benzene rings is 1. The minimum Gasteiger partial charge on any atom is -0.313 e. The van der Waals surface area contributed by atoms with Gasteiger partial charge in [0.2, 0.25) is 0 Å². The van der Waals surface area contributed by atoms with Gasteiger partial charge >= 0.3 is 0 Å². The fraction of sp³-hybridized carbons (Fsp3) is 0.625. The molecule has 0 amide bonds. The first-order valence-electron chi connectivity index (χ1n) is 6.93. The lowest BCUT2D eigenvalue weighted by Gasteiger charge is -2.22. The maximum absolute atomic E-state index is 3.64. The van der Waals surface area contributed by atoms with E-state index in [4.69, 9.17) is 0 Å². The second kappa shape index (κ2) is 7.30. The van der Waals surface area contributed by atoms with E-state index < -0.39 is 0 Å². The molecule has 0 saturated heterocycles. The normalized spacial score (nSPS) is 14.6. The van der Waals surface area contributed by atoms with Gasteiger partial charge in [-0.3, -0.25) is 0 Å². The number of hydrogen-bond donors (Lipinski definition) is 1. The second-order valence-electron chi connectivity index (χ2n) is 5.44. The van der Waals surface area contributed by atoms with Crippen LogP contribution < -0.4 is 5.32 Å². The van der Waals surface area contributed by atoms with Crippen molar-refractivity contribution in [2.45, 2.75) is 53.0 Å². The molecule has 0 aromatic heterocycles. The monoisotopic (exact) mass is 311 g/mol. The fourth-order valence-electron chi connectivity index (χ4n) is 2.61. The molecule has 1 nitrogen and oxygen atoms in total. The maximum Gasteiger partial charge on any atom is 0.0320 e. The van der Waals surface area contributed by atoms with Crippen LogP contribution in [-0.4, -0.2) is 7.05 Å². The molecule has 0 spiro atoms. The summed E-state index contributed by atoms with van der Waals surface area (Å²) in [5.74, 6) is 0.775. The van der Waals surface area contributed by atoms with Gasteiger partial charge in [-0.2, -0.15) is 0 Å². The summed E-state index contributed by atoms with van der Waals surface area (Å²) >= 11 is 3.64. The third-order valence-electron chi connectivity index (χ3n) is 3.63. The first-order chi connectivity index (χ1) is 8.49. The van der Waals surface area contributed by atoms with Gasteiger partial charge in [0.1, 0.15) is 0 Å². The Morgan fingerprint density at radius 1 is 1.22 bits per heavy atom. The third kappa shape index (κ3) is 4.10. The van der Waals surface area contributed by atoms with Crippen molar-refractivity contribution in [2.75, 3.05) is 7.05 Å². The summed E-state index contributed by atoms with van der Waals surface area (Å²) in [6.07, 6.45) is 3.80. The molecule has 2 heteroatoms. The van der Waals surface area contributed by atoms with E-state index in [9.17, 15) is 0 Å². The Kier molecular flexibility index (Phi) is 6.37. The molecule has 2 atom stereocenters. The van der Waals surface area contributed by atoms with E-state index in [1.54, 1.807) is 0 Å². The van der Waals surface area contributed by atoms with Gasteiger partial charge in [0.15, 0.2) is 0 Å². The van der Waals surface area contributed by atoms with E-state index in [1.807, 2.05) is 0 Å². The highest BCUT2D eigenvalue weighted by atomic mass is 79.9. The average molecular weight is 312 g/mol. The largest absolute Gasteiger partial charge is 0.313 e. The van der Waals surface area contributed by atoms with Gasteiger partial charge in [-0.15, -0.1) is 0 Å². The molecule has 18 heavy (non-hydrogen) atoms. The lowest BCUT2D eigenvalue weighted by Crippen LogP contribution is -2.19. The lowest BCUT2D eigenvalue weighted by molar-refractivity contribution is 0.406. The molecule has 0 heterocycles. The van der Waals surface area contributed by atoms with E-state index in [1.165, 1.54) is 40.4 Å². The molecule has 2 unspecified atom stereocenters. The van der Waals surface area contributed by atoms with Crippen molar-refractivity contribution < 1.29 is 0 Å². The van der Waals surface area contributed by atoms with Crippen LogP contribution in [-0.2, 0) is 0 Å². The standard InChI is InChI=1S/C16H26BrN/c1-6-7-11(2)8-15(18-5)14-9-12(3)16(17)13(4)10-14/h9-11,15,18H,6-8H2,1-5H3. The Morgan fingerprint density at radius 2 is 1.78 bits per heavy atom. The molecule has 1 rings (SSSR count). The van der Waals surface area contributed by atoms with Crippen molar-refractivity contribution in [1.29, 1.82) is 0 Å². The van der Waals surface area contributed by atoms with Crippen molar-refractivity contribution in [3.63, 3.8) is 0 Å². The molecule has 0 aliphatic rings. The molecule has 102 valence electrons. The van der Waals surface area contributed by atoms with E-state index in [0.717, 1.165) is 5.92 Å². The number of rotatable bonds is 6. The van der Waals surface area contributed by atoms with E-state index in [0.29, 0.717) is 6.04 Å². The van der Waals surface area contributed by atoms with Gasteiger partial charge in [0.05, 0.1) is 0 Å². The third-order valence-corrected chi connectivity index (χ3v) is 4.88. The van der Waals surface area contributed by atoms with Crippen LogP contribution in [0.3, 0.4) is 0 Å².